The van der Waals surface area contributed by atoms with Gasteiger partial charge in [0.1, 0.15) is 0 Å². The van der Waals surface area contributed by atoms with Crippen LogP contribution in [-0.4, -0.2) is 80.5 Å². The third-order valence-electron chi connectivity index (χ3n) is 7.93. The molecule has 1 saturated carbocycles. The number of esters is 4. The van der Waals surface area contributed by atoms with E-state index in [9.17, 15) is 19.2 Å². The van der Waals surface area contributed by atoms with Crippen molar-refractivity contribution in [2.45, 2.75) is 18.3 Å². The van der Waals surface area contributed by atoms with E-state index in [-0.39, 0.29) is 6.42 Å². The number of methoxy groups -OCH3 is 4. The van der Waals surface area contributed by atoms with Crippen molar-refractivity contribution in [3.63, 3.8) is 0 Å². The maximum Gasteiger partial charge on any atom is 0.323 e. The smallest absolute Gasteiger partial charge is 0.323 e. The van der Waals surface area contributed by atoms with Crippen molar-refractivity contribution in [3.8, 4) is 0 Å². The first kappa shape index (κ1) is 30.5. The fourth-order valence-corrected chi connectivity index (χ4v) is 5.97. The van der Waals surface area contributed by atoms with Crippen molar-refractivity contribution in [1.29, 1.82) is 0 Å². The Kier molecular flexibility index (Phi) is 9.44. The molecule has 0 amide bonds. The molecule has 0 spiro atoms. The number of anilines is 2. The number of rotatable bonds is 9. The Morgan fingerprint density at radius 2 is 1.07 bits per heavy atom. The fraction of sp³-hybridized carbons (Fsp3) is 0.467. The second-order valence-electron chi connectivity index (χ2n) is 10.3. The molecule has 1 aliphatic carbocycles. The van der Waals surface area contributed by atoms with Crippen LogP contribution >= 0.6 is 0 Å². The Labute approximate surface area is 235 Å². The van der Waals surface area contributed by atoms with Gasteiger partial charge in [0.05, 0.1) is 28.4 Å². The highest BCUT2D eigenvalue weighted by atomic mass is 16.6. The lowest BCUT2D eigenvalue weighted by atomic mass is 9.66. The molecule has 1 fully saturated rings. The van der Waals surface area contributed by atoms with Gasteiger partial charge in [-0.1, -0.05) is 24.3 Å². The molecule has 10 heteroatoms. The van der Waals surface area contributed by atoms with Crippen LogP contribution in [0.15, 0.2) is 48.5 Å². The Morgan fingerprint density at radius 1 is 0.675 bits per heavy atom. The zero-order chi connectivity index (χ0) is 29.8. The van der Waals surface area contributed by atoms with Gasteiger partial charge in [0.15, 0.2) is 11.3 Å². The molecule has 0 saturated heterocycles. The van der Waals surface area contributed by atoms with Gasteiger partial charge in [0, 0.05) is 45.5 Å². The summed E-state index contributed by atoms with van der Waals surface area (Å²) in [5.41, 5.74) is 1.42. The molecule has 3 atom stereocenters. The first-order valence-corrected chi connectivity index (χ1v) is 12.8. The first-order valence-electron chi connectivity index (χ1n) is 12.8. The second-order valence-corrected chi connectivity index (χ2v) is 10.3. The molecule has 2 aromatic carbocycles. The fourth-order valence-electron chi connectivity index (χ4n) is 5.97. The minimum absolute atomic E-state index is 0.0666. The normalized spacial score (nSPS) is 19.5. The highest BCUT2D eigenvalue weighted by Gasteiger charge is 2.69. The number of benzene rings is 2. The third kappa shape index (κ3) is 5.35. The second kappa shape index (κ2) is 12.4. The Hall–Kier alpha value is -4.08. The third-order valence-corrected chi connectivity index (χ3v) is 7.93. The highest BCUT2D eigenvalue weighted by Crippen LogP contribution is 2.62. The van der Waals surface area contributed by atoms with Gasteiger partial charge in [-0.2, -0.15) is 0 Å². The van der Waals surface area contributed by atoms with Crippen molar-refractivity contribution in [1.82, 2.24) is 0 Å². The topological polar surface area (TPSA) is 112 Å². The maximum atomic E-state index is 13.7. The first-order chi connectivity index (χ1) is 19.0. The van der Waals surface area contributed by atoms with Crippen molar-refractivity contribution in [3.05, 3.63) is 59.7 Å². The van der Waals surface area contributed by atoms with E-state index < -0.39 is 53.0 Å². The largest absolute Gasteiger partial charge is 0.468 e. The summed E-state index contributed by atoms with van der Waals surface area (Å²) in [5.74, 6) is -7.66. The minimum Gasteiger partial charge on any atom is -0.468 e. The van der Waals surface area contributed by atoms with Crippen LogP contribution in [0.4, 0.5) is 11.4 Å². The average molecular weight is 555 g/mol. The van der Waals surface area contributed by atoms with Crippen LogP contribution in [0, 0.1) is 17.3 Å². The quantitative estimate of drug-likeness (QED) is 0.261. The lowest BCUT2D eigenvalue weighted by molar-refractivity contribution is -0.178. The molecule has 0 aliphatic heterocycles. The van der Waals surface area contributed by atoms with Crippen LogP contribution in [-0.2, 0) is 38.1 Å². The Balaban J connectivity index is 2.40. The molecule has 0 N–H and O–H groups in total. The van der Waals surface area contributed by atoms with E-state index in [0.29, 0.717) is 0 Å². The van der Waals surface area contributed by atoms with Gasteiger partial charge in [0.25, 0.3) is 0 Å². The summed E-state index contributed by atoms with van der Waals surface area (Å²) in [7, 11) is 12.3. The van der Waals surface area contributed by atoms with E-state index >= 15 is 0 Å². The lowest BCUT2D eigenvalue weighted by Gasteiger charge is -2.36. The van der Waals surface area contributed by atoms with Crippen LogP contribution in [0.25, 0.3) is 0 Å². The number of ether oxygens (including phenoxy) is 4. The number of carbonyl (C=O) groups is 4. The van der Waals surface area contributed by atoms with E-state index in [1.807, 2.05) is 86.5 Å². The predicted octanol–water partition coefficient (Wildman–Crippen LogP) is 3.00. The molecular weight excluding hydrogens is 516 g/mol. The van der Waals surface area contributed by atoms with Crippen LogP contribution in [0.5, 0.6) is 0 Å². The summed E-state index contributed by atoms with van der Waals surface area (Å²) in [4.78, 5) is 57.7. The molecule has 1 aliphatic rings. The molecular formula is C30H38N2O8. The van der Waals surface area contributed by atoms with Crippen molar-refractivity contribution in [2.75, 3.05) is 66.4 Å². The zero-order valence-corrected chi connectivity index (χ0v) is 24.3. The molecule has 2 aromatic rings. The maximum absolute atomic E-state index is 13.7. The van der Waals surface area contributed by atoms with Gasteiger partial charge in [-0.25, -0.2) is 0 Å². The van der Waals surface area contributed by atoms with E-state index in [2.05, 4.69) is 0 Å². The molecule has 0 radical (unpaired) electrons. The standard InChI is InChI=1S/C30H38N2O8/c1-31(2)20-13-9-18(10-14-20)22-17-30(28(35)39-7,29(36)40-8)25(24(26(33)37-5)27(34)38-6)23(22)19-11-15-21(16-12-19)32(3)4/h9-16,22-25H,17H2,1-8H3/t22-,23-,25-/m0/s1. The van der Waals surface area contributed by atoms with Gasteiger partial charge in [-0.05, 0) is 53.6 Å². The summed E-state index contributed by atoms with van der Waals surface area (Å²) in [6, 6.07) is 15.3. The summed E-state index contributed by atoms with van der Waals surface area (Å²) >= 11 is 0. The summed E-state index contributed by atoms with van der Waals surface area (Å²) in [5, 5.41) is 0. The molecule has 216 valence electrons. The summed E-state index contributed by atoms with van der Waals surface area (Å²) in [6.07, 6.45) is -0.0666. The highest BCUT2D eigenvalue weighted by molar-refractivity contribution is 6.04. The Bertz CT molecular complexity index is 1190. The number of hydrogen-bond acceptors (Lipinski definition) is 10. The van der Waals surface area contributed by atoms with Crippen LogP contribution < -0.4 is 9.80 Å². The number of carbonyl (C=O) groups excluding carboxylic acids is 4. The van der Waals surface area contributed by atoms with E-state index in [1.54, 1.807) is 0 Å². The van der Waals surface area contributed by atoms with E-state index in [0.717, 1.165) is 50.9 Å². The summed E-state index contributed by atoms with van der Waals surface area (Å²) < 4.78 is 20.4. The molecule has 10 nitrogen and oxygen atoms in total. The van der Waals surface area contributed by atoms with Crippen molar-refractivity contribution >= 4 is 35.3 Å². The predicted molar refractivity (Wildman–Crippen MR) is 149 cm³/mol. The molecule has 0 aromatic heterocycles. The van der Waals surface area contributed by atoms with Gasteiger partial charge in [-0.15, -0.1) is 0 Å². The lowest BCUT2D eigenvalue weighted by Crippen LogP contribution is -2.51. The average Bonchev–Trinajstić information content (AvgIpc) is 3.32. The number of nitrogens with zero attached hydrogens (tertiary/aromatic N) is 2. The number of hydrogen-bond donors (Lipinski definition) is 0. The Morgan fingerprint density at radius 3 is 1.43 bits per heavy atom. The van der Waals surface area contributed by atoms with E-state index in [4.69, 9.17) is 18.9 Å². The van der Waals surface area contributed by atoms with Gasteiger partial charge < -0.3 is 28.7 Å². The SMILES string of the molecule is COC(=O)C(C(=O)OC)[C@@H]1[C@@H](c2ccc(N(C)C)cc2)[C@H](c2ccc(N(C)C)cc2)CC1(C(=O)OC)C(=O)OC. The van der Waals surface area contributed by atoms with Crippen LogP contribution in [0.2, 0.25) is 0 Å². The van der Waals surface area contributed by atoms with Crippen molar-refractivity contribution in [2.24, 2.45) is 17.3 Å². The molecule has 0 heterocycles. The van der Waals surface area contributed by atoms with E-state index in [1.165, 1.54) is 0 Å². The van der Waals surface area contributed by atoms with Crippen LogP contribution in [0.1, 0.15) is 29.4 Å². The molecule has 0 unspecified atom stereocenters. The minimum atomic E-state index is -2.01. The van der Waals surface area contributed by atoms with Crippen LogP contribution in [0.3, 0.4) is 0 Å². The van der Waals surface area contributed by atoms with Crippen molar-refractivity contribution < 1.29 is 38.1 Å². The summed E-state index contributed by atoms with van der Waals surface area (Å²) in [6.45, 7) is 0. The molecule has 3 rings (SSSR count). The molecule has 40 heavy (non-hydrogen) atoms. The molecule has 0 bridgehead atoms. The van der Waals surface area contributed by atoms with Gasteiger partial charge in [0.2, 0.25) is 0 Å². The monoisotopic (exact) mass is 554 g/mol. The van der Waals surface area contributed by atoms with Gasteiger partial charge >= 0.3 is 23.9 Å². The zero-order valence-electron chi connectivity index (χ0n) is 24.3. The van der Waals surface area contributed by atoms with Gasteiger partial charge in [-0.3, -0.25) is 19.2 Å².